The molecule has 0 atom stereocenters. The summed E-state index contributed by atoms with van der Waals surface area (Å²) in [7, 11) is 0. The molecule has 3 rings (SSSR count). The van der Waals surface area contributed by atoms with Gasteiger partial charge in [0.25, 0.3) is 0 Å². The second kappa shape index (κ2) is 9.06. The Hall–Kier alpha value is -2.31. The number of rotatable bonds is 8. The van der Waals surface area contributed by atoms with Crippen LogP contribution < -0.4 is 0 Å². The number of hydrogen-bond donors (Lipinski definition) is 0. The summed E-state index contributed by atoms with van der Waals surface area (Å²) in [6.45, 7) is 4.46. The highest BCUT2D eigenvalue weighted by Gasteiger charge is 2.12. The highest BCUT2D eigenvalue weighted by atomic mass is 32.1. The number of thiophene rings is 1. The highest BCUT2D eigenvalue weighted by Crippen LogP contribution is 2.26. The quantitative estimate of drug-likeness (QED) is 0.360. The SMILES string of the molecule is CC(C)c1ccc(-c2nc(COC(=O)CCC(=O)c3cccs3)cs2)cc1. The number of nitrogens with zero attached hydrogens (tertiary/aromatic N) is 1. The van der Waals surface area contributed by atoms with Crippen molar-refractivity contribution in [2.45, 2.75) is 39.2 Å². The molecule has 0 amide bonds. The first-order valence-corrected chi connectivity index (χ1v) is 10.6. The molecule has 0 saturated carbocycles. The predicted octanol–water partition coefficient (Wildman–Crippen LogP) is 5.70. The van der Waals surface area contributed by atoms with Gasteiger partial charge in [0.2, 0.25) is 0 Å². The van der Waals surface area contributed by atoms with Crippen LogP contribution in [0.5, 0.6) is 0 Å². The van der Waals surface area contributed by atoms with E-state index in [4.69, 9.17) is 4.74 Å². The Morgan fingerprint density at radius 2 is 1.85 bits per heavy atom. The van der Waals surface area contributed by atoms with Crippen molar-refractivity contribution in [3.8, 4) is 10.6 Å². The smallest absolute Gasteiger partial charge is 0.306 e. The maximum atomic E-state index is 11.9. The van der Waals surface area contributed by atoms with Crippen LogP contribution in [0.25, 0.3) is 10.6 Å². The number of benzene rings is 1. The van der Waals surface area contributed by atoms with Crippen molar-refractivity contribution in [2.24, 2.45) is 0 Å². The molecule has 4 nitrogen and oxygen atoms in total. The fourth-order valence-corrected chi connectivity index (χ4v) is 4.02. The van der Waals surface area contributed by atoms with Gasteiger partial charge >= 0.3 is 5.97 Å². The Morgan fingerprint density at radius 1 is 1.07 bits per heavy atom. The molecule has 0 N–H and O–H groups in total. The maximum Gasteiger partial charge on any atom is 0.306 e. The molecule has 0 unspecified atom stereocenters. The van der Waals surface area contributed by atoms with Gasteiger partial charge in [0, 0.05) is 17.4 Å². The maximum absolute atomic E-state index is 11.9. The van der Waals surface area contributed by atoms with Gasteiger partial charge in [0.05, 0.1) is 17.0 Å². The molecule has 3 aromatic rings. The molecule has 0 aliphatic rings. The molecule has 0 fully saturated rings. The molecule has 1 aromatic carbocycles. The van der Waals surface area contributed by atoms with E-state index in [1.165, 1.54) is 28.2 Å². The third-order valence-electron chi connectivity index (χ3n) is 4.11. The molecule has 0 spiro atoms. The van der Waals surface area contributed by atoms with E-state index < -0.39 is 0 Å². The van der Waals surface area contributed by atoms with Gasteiger partial charge in [0.15, 0.2) is 5.78 Å². The van der Waals surface area contributed by atoms with E-state index in [2.05, 4.69) is 43.1 Å². The van der Waals surface area contributed by atoms with Gasteiger partial charge in [-0.2, -0.15) is 0 Å². The lowest BCUT2D eigenvalue weighted by molar-refractivity contribution is -0.145. The van der Waals surface area contributed by atoms with E-state index in [1.807, 2.05) is 16.8 Å². The Labute approximate surface area is 166 Å². The first-order chi connectivity index (χ1) is 13.0. The minimum absolute atomic E-state index is 0.0252. The van der Waals surface area contributed by atoms with E-state index in [0.717, 1.165) is 16.3 Å². The zero-order valence-corrected chi connectivity index (χ0v) is 16.9. The Morgan fingerprint density at radius 3 is 2.52 bits per heavy atom. The molecule has 27 heavy (non-hydrogen) atoms. The zero-order chi connectivity index (χ0) is 19.2. The van der Waals surface area contributed by atoms with Crippen molar-refractivity contribution in [3.63, 3.8) is 0 Å². The van der Waals surface area contributed by atoms with Crippen molar-refractivity contribution in [3.05, 3.63) is 63.3 Å². The molecule has 6 heteroatoms. The van der Waals surface area contributed by atoms with Gasteiger partial charge < -0.3 is 4.74 Å². The van der Waals surface area contributed by atoms with E-state index >= 15 is 0 Å². The van der Waals surface area contributed by atoms with Crippen molar-refractivity contribution >= 4 is 34.4 Å². The standard InChI is InChI=1S/C21H21NO3S2/c1-14(2)15-5-7-16(8-6-15)21-22-17(13-27-21)12-25-20(24)10-9-18(23)19-4-3-11-26-19/h3-8,11,13-14H,9-10,12H2,1-2H3. The first-order valence-electron chi connectivity index (χ1n) is 8.80. The van der Waals surface area contributed by atoms with Crippen molar-refractivity contribution in [2.75, 3.05) is 0 Å². The number of carbonyl (C=O) groups excluding carboxylic acids is 2. The number of ketones is 1. The van der Waals surface area contributed by atoms with Crippen LogP contribution in [0.2, 0.25) is 0 Å². The average molecular weight is 400 g/mol. The Balaban J connectivity index is 1.49. The summed E-state index contributed by atoms with van der Waals surface area (Å²) < 4.78 is 5.25. The normalized spacial score (nSPS) is 10.9. The van der Waals surface area contributed by atoms with E-state index in [0.29, 0.717) is 10.8 Å². The second-order valence-electron chi connectivity index (χ2n) is 6.48. The summed E-state index contributed by atoms with van der Waals surface area (Å²) in [4.78, 5) is 29.0. The summed E-state index contributed by atoms with van der Waals surface area (Å²) in [6, 6.07) is 12.0. The number of thiazole rings is 1. The third-order valence-corrected chi connectivity index (χ3v) is 5.96. The summed E-state index contributed by atoms with van der Waals surface area (Å²) in [5.74, 6) is 0.0931. The molecule has 0 saturated heterocycles. The van der Waals surface area contributed by atoms with Crippen molar-refractivity contribution in [1.82, 2.24) is 4.98 Å². The van der Waals surface area contributed by atoms with Crippen LogP contribution >= 0.6 is 22.7 Å². The molecule has 2 heterocycles. The van der Waals surface area contributed by atoms with Gasteiger partial charge in [-0.25, -0.2) is 4.98 Å². The summed E-state index contributed by atoms with van der Waals surface area (Å²) in [5.41, 5.74) is 3.07. The predicted molar refractivity (Wildman–Crippen MR) is 109 cm³/mol. The van der Waals surface area contributed by atoms with Gasteiger partial charge in [-0.3, -0.25) is 9.59 Å². The minimum Gasteiger partial charge on any atom is -0.459 e. The van der Waals surface area contributed by atoms with Crippen molar-refractivity contribution in [1.29, 1.82) is 0 Å². The van der Waals surface area contributed by atoms with Crippen LogP contribution in [0.1, 0.15) is 53.5 Å². The van der Waals surface area contributed by atoms with Crippen LogP contribution in [0, 0.1) is 0 Å². The number of carbonyl (C=O) groups is 2. The summed E-state index contributed by atoms with van der Waals surface area (Å²) >= 11 is 2.92. The largest absolute Gasteiger partial charge is 0.459 e. The lowest BCUT2D eigenvalue weighted by Crippen LogP contribution is -2.07. The van der Waals surface area contributed by atoms with Gasteiger partial charge in [-0.05, 0) is 22.9 Å². The zero-order valence-electron chi connectivity index (χ0n) is 15.3. The molecule has 0 radical (unpaired) electrons. The van der Waals surface area contributed by atoms with Crippen LogP contribution in [0.3, 0.4) is 0 Å². The molecular formula is C21H21NO3S2. The fourth-order valence-electron chi connectivity index (χ4n) is 2.52. The summed E-state index contributed by atoms with van der Waals surface area (Å²) in [6.07, 6.45) is 0.258. The summed E-state index contributed by atoms with van der Waals surface area (Å²) in [5, 5.41) is 4.65. The first kappa shape index (κ1) is 19.5. The monoisotopic (exact) mass is 399 g/mol. The Kier molecular flexibility index (Phi) is 6.53. The third kappa shape index (κ3) is 5.34. The molecule has 0 aliphatic carbocycles. The fraction of sp³-hybridized carbons (Fsp3) is 0.286. The molecule has 140 valence electrons. The van der Waals surface area contributed by atoms with Crippen LogP contribution in [0.4, 0.5) is 0 Å². The van der Waals surface area contributed by atoms with Crippen LogP contribution in [0.15, 0.2) is 47.2 Å². The van der Waals surface area contributed by atoms with Gasteiger partial charge in [-0.15, -0.1) is 22.7 Å². The van der Waals surface area contributed by atoms with Crippen molar-refractivity contribution < 1.29 is 14.3 Å². The van der Waals surface area contributed by atoms with Crippen LogP contribution in [-0.4, -0.2) is 16.7 Å². The van der Waals surface area contributed by atoms with Crippen LogP contribution in [-0.2, 0) is 16.1 Å². The lowest BCUT2D eigenvalue weighted by atomic mass is 10.0. The molecular weight excluding hydrogens is 378 g/mol. The number of ether oxygens (including phenoxy) is 1. The number of esters is 1. The van der Waals surface area contributed by atoms with E-state index in [-0.39, 0.29) is 31.2 Å². The molecule has 0 aliphatic heterocycles. The highest BCUT2D eigenvalue weighted by molar-refractivity contribution is 7.13. The molecule has 2 aromatic heterocycles. The lowest BCUT2D eigenvalue weighted by Gasteiger charge is -2.05. The van der Waals surface area contributed by atoms with E-state index in [1.54, 1.807) is 6.07 Å². The number of aromatic nitrogens is 1. The number of Topliss-reactive ketones (excluding diaryl/α,β-unsaturated/α-hetero) is 1. The number of hydrogen-bond acceptors (Lipinski definition) is 6. The minimum atomic E-state index is -0.379. The topological polar surface area (TPSA) is 56.3 Å². The Bertz CT molecular complexity index is 896. The van der Waals surface area contributed by atoms with Gasteiger partial charge in [0.1, 0.15) is 11.6 Å². The average Bonchev–Trinajstić information content (AvgIpc) is 3.36. The van der Waals surface area contributed by atoms with E-state index in [9.17, 15) is 9.59 Å². The second-order valence-corrected chi connectivity index (χ2v) is 8.29. The molecule has 0 bridgehead atoms. The van der Waals surface area contributed by atoms with Gasteiger partial charge in [-0.1, -0.05) is 44.2 Å².